The summed E-state index contributed by atoms with van der Waals surface area (Å²) in [6.45, 7) is 5.02. The number of rotatable bonds is 1. The van der Waals surface area contributed by atoms with E-state index < -0.39 is 17.1 Å². The van der Waals surface area contributed by atoms with Crippen LogP contribution in [0, 0.1) is 0 Å². The van der Waals surface area contributed by atoms with E-state index in [2.05, 4.69) is 18.7 Å². The number of hydrogen-bond donors (Lipinski definition) is 2. The third-order valence-electron chi connectivity index (χ3n) is 6.94. The Morgan fingerprint density at radius 3 is 2.96 bits per heavy atom. The van der Waals surface area contributed by atoms with Gasteiger partial charge < -0.3 is 14.9 Å². The lowest BCUT2D eigenvalue weighted by Crippen LogP contribution is -2.72. The molecule has 1 saturated carbocycles. The minimum Gasteiger partial charge on any atom is -0.504 e. The Hall–Kier alpha value is -1.59. The van der Waals surface area contributed by atoms with Gasteiger partial charge in [-0.05, 0) is 37.9 Å². The van der Waals surface area contributed by atoms with E-state index >= 15 is 0 Å². The zero-order valence-corrected chi connectivity index (χ0v) is 13.4. The van der Waals surface area contributed by atoms with E-state index in [0.717, 1.165) is 17.7 Å². The van der Waals surface area contributed by atoms with Crippen LogP contribution in [-0.4, -0.2) is 45.2 Å². The first-order valence-electron chi connectivity index (χ1n) is 8.49. The van der Waals surface area contributed by atoms with E-state index in [9.17, 15) is 15.0 Å². The minimum atomic E-state index is -0.998. The van der Waals surface area contributed by atoms with Gasteiger partial charge in [0.2, 0.25) is 0 Å². The number of ether oxygens (including phenoxy) is 1. The molecule has 1 spiro atoms. The molecule has 0 amide bonds. The fourth-order valence-corrected chi connectivity index (χ4v) is 5.96. The molecule has 5 atom stereocenters. The molecule has 1 aromatic rings. The van der Waals surface area contributed by atoms with E-state index in [1.54, 1.807) is 6.07 Å². The predicted molar refractivity (Wildman–Crippen MR) is 82.6 cm³/mol. The van der Waals surface area contributed by atoms with Gasteiger partial charge in [-0.1, -0.05) is 13.0 Å². The Labute approximate surface area is 134 Å². The van der Waals surface area contributed by atoms with Crippen LogP contribution >= 0.6 is 0 Å². The van der Waals surface area contributed by atoms with E-state index in [4.69, 9.17) is 4.74 Å². The van der Waals surface area contributed by atoms with Crippen LogP contribution in [0.15, 0.2) is 12.1 Å². The van der Waals surface area contributed by atoms with Crippen molar-refractivity contribution < 1.29 is 19.7 Å². The number of phenolic OH excluding ortho intramolecular Hbond substituents is 1. The van der Waals surface area contributed by atoms with Crippen LogP contribution in [0.4, 0.5) is 0 Å². The summed E-state index contributed by atoms with van der Waals surface area (Å²) in [6.07, 6.45) is 0.836. The maximum Gasteiger partial charge on any atom is 0.174 e. The molecule has 0 radical (unpaired) electrons. The van der Waals surface area contributed by atoms with Gasteiger partial charge >= 0.3 is 0 Å². The van der Waals surface area contributed by atoms with Crippen LogP contribution in [0.5, 0.6) is 11.5 Å². The van der Waals surface area contributed by atoms with Crippen molar-refractivity contribution >= 4 is 5.78 Å². The molecular formula is C18H21NO4. The Balaban J connectivity index is 1.87. The molecule has 122 valence electrons. The maximum absolute atomic E-state index is 12.6. The predicted octanol–water partition coefficient (Wildman–Crippen LogP) is 1.65. The lowest BCUT2D eigenvalue weighted by Gasteiger charge is -2.58. The van der Waals surface area contributed by atoms with Crippen molar-refractivity contribution in [3.63, 3.8) is 0 Å². The first kappa shape index (κ1) is 13.8. The average molecular weight is 315 g/mol. The second-order valence-corrected chi connectivity index (χ2v) is 7.46. The van der Waals surface area contributed by atoms with Gasteiger partial charge in [-0.3, -0.25) is 9.69 Å². The lowest BCUT2D eigenvalue weighted by molar-refractivity contribution is -0.185. The SMILES string of the molecule is CCN1C2CC34c5c2ccc(O)c5OC3C(=O)CCC4(O)C1C. The molecule has 2 N–H and O–H groups in total. The third-order valence-corrected chi connectivity index (χ3v) is 6.94. The van der Waals surface area contributed by atoms with Gasteiger partial charge in [-0.2, -0.15) is 0 Å². The second kappa shape index (κ2) is 3.90. The Bertz CT molecular complexity index is 747. The summed E-state index contributed by atoms with van der Waals surface area (Å²) < 4.78 is 5.95. The topological polar surface area (TPSA) is 70.0 Å². The molecular weight excluding hydrogens is 294 g/mol. The molecule has 5 rings (SSSR count). The first-order chi connectivity index (χ1) is 11.0. The molecule has 1 aromatic carbocycles. The molecule has 5 unspecified atom stereocenters. The lowest BCUT2D eigenvalue weighted by atomic mass is 9.55. The molecule has 2 aliphatic heterocycles. The Morgan fingerprint density at radius 1 is 1.43 bits per heavy atom. The molecule has 2 fully saturated rings. The van der Waals surface area contributed by atoms with Crippen LogP contribution < -0.4 is 4.74 Å². The highest BCUT2D eigenvalue weighted by atomic mass is 16.5. The highest BCUT2D eigenvalue weighted by molar-refractivity contribution is 5.90. The van der Waals surface area contributed by atoms with Crippen LogP contribution in [-0.2, 0) is 10.2 Å². The van der Waals surface area contributed by atoms with Crippen molar-refractivity contribution in [3.05, 3.63) is 23.3 Å². The van der Waals surface area contributed by atoms with Crippen LogP contribution in [0.25, 0.3) is 0 Å². The molecule has 2 bridgehead atoms. The quantitative estimate of drug-likeness (QED) is 0.825. The standard InChI is InChI=1S/C18H21NO4/c1-3-19-9(2)18(22)7-6-13(21)16-17(18)8-11(19)10-4-5-12(20)15(23-16)14(10)17/h4-5,9,11,16,20,22H,3,6-8H2,1-2H3. The number of likely N-dealkylation sites (tertiary alicyclic amines) is 1. The van der Waals surface area contributed by atoms with Gasteiger partial charge in [0.1, 0.15) is 0 Å². The molecule has 2 aliphatic carbocycles. The smallest absolute Gasteiger partial charge is 0.174 e. The minimum absolute atomic E-state index is 0.0500. The zero-order chi connectivity index (χ0) is 16.1. The van der Waals surface area contributed by atoms with Crippen molar-refractivity contribution in [2.45, 2.75) is 62.3 Å². The number of carbonyl (C=O) groups excluding carboxylic acids is 1. The number of benzene rings is 1. The number of carbonyl (C=O) groups is 1. The Kier molecular flexibility index (Phi) is 2.34. The Morgan fingerprint density at radius 2 is 2.22 bits per heavy atom. The molecule has 0 aromatic heterocycles. The number of aliphatic hydroxyl groups is 1. The van der Waals surface area contributed by atoms with Crippen LogP contribution in [0.3, 0.4) is 0 Å². The number of Topliss-reactive ketones (excluding diaryl/α,β-unsaturated/α-hetero) is 1. The number of hydrogen-bond acceptors (Lipinski definition) is 5. The summed E-state index contributed by atoms with van der Waals surface area (Å²) >= 11 is 0. The van der Waals surface area contributed by atoms with Crippen molar-refractivity contribution in [1.29, 1.82) is 0 Å². The average Bonchev–Trinajstić information content (AvgIpc) is 3.03. The van der Waals surface area contributed by atoms with Gasteiger partial charge in [0.25, 0.3) is 0 Å². The van der Waals surface area contributed by atoms with Crippen LogP contribution in [0.2, 0.25) is 0 Å². The van der Waals surface area contributed by atoms with E-state index in [-0.39, 0.29) is 23.6 Å². The summed E-state index contributed by atoms with van der Waals surface area (Å²) in [4.78, 5) is 14.9. The zero-order valence-electron chi connectivity index (χ0n) is 13.4. The van der Waals surface area contributed by atoms with Crippen molar-refractivity contribution in [2.75, 3.05) is 6.54 Å². The van der Waals surface area contributed by atoms with E-state index in [0.29, 0.717) is 25.0 Å². The fourth-order valence-electron chi connectivity index (χ4n) is 5.96. The summed E-state index contributed by atoms with van der Waals surface area (Å²) in [5.41, 5.74) is 0.314. The highest BCUT2D eigenvalue weighted by Gasteiger charge is 2.75. The molecule has 2 heterocycles. The first-order valence-corrected chi connectivity index (χ1v) is 8.49. The second-order valence-electron chi connectivity index (χ2n) is 7.46. The molecule has 5 nitrogen and oxygen atoms in total. The number of piperidine rings is 1. The third kappa shape index (κ3) is 1.22. The van der Waals surface area contributed by atoms with Crippen molar-refractivity contribution in [3.8, 4) is 11.5 Å². The van der Waals surface area contributed by atoms with Gasteiger partial charge in [-0.15, -0.1) is 0 Å². The van der Waals surface area contributed by atoms with Gasteiger partial charge in [0, 0.05) is 24.1 Å². The molecule has 4 aliphatic rings. The summed E-state index contributed by atoms with van der Waals surface area (Å²) in [5.74, 6) is 0.550. The number of likely N-dealkylation sites (N-methyl/N-ethyl adjacent to an activating group) is 1. The van der Waals surface area contributed by atoms with E-state index in [1.807, 2.05) is 6.07 Å². The summed E-state index contributed by atoms with van der Waals surface area (Å²) in [5, 5.41) is 22.0. The van der Waals surface area contributed by atoms with Crippen molar-refractivity contribution in [1.82, 2.24) is 4.90 Å². The summed E-state index contributed by atoms with van der Waals surface area (Å²) in [6, 6.07) is 3.73. The van der Waals surface area contributed by atoms with Gasteiger partial charge in [-0.25, -0.2) is 0 Å². The van der Waals surface area contributed by atoms with Crippen molar-refractivity contribution in [2.24, 2.45) is 0 Å². The molecule has 1 saturated heterocycles. The van der Waals surface area contributed by atoms with Gasteiger partial charge in [0.15, 0.2) is 23.4 Å². The number of nitrogens with zero attached hydrogens (tertiary/aromatic N) is 1. The van der Waals surface area contributed by atoms with E-state index in [1.165, 1.54) is 0 Å². The van der Waals surface area contributed by atoms with Gasteiger partial charge in [0.05, 0.1) is 11.0 Å². The number of phenols is 1. The monoisotopic (exact) mass is 315 g/mol. The number of fused-ring (bicyclic) bond motifs is 2. The number of aromatic hydroxyl groups is 1. The fraction of sp³-hybridized carbons (Fsp3) is 0.611. The largest absolute Gasteiger partial charge is 0.504 e. The maximum atomic E-state index is 12.6. The summed E-state index contributed by atoms with van der Waals surface area (Å²) in [7, 11) is 0. The molecule has 23 heavy (non-hydrogen) atoms. The highest BCUT2D eigenvalue weighted by Crippen LogP contribution is 2.69. The number of ketones is 1. The van der Waals surface area contributed by atoms with Crippen LogP contribution in [0.1, 0.15) is 50.3 Å². The molecule has 5 heteroatoms. The normalized spacial score (nSPS) is 43.4.